The van der Waals surface area contributed by atoms with Gasteiger partial charge in [-0.3, -0.25) is 4.99 Å². The zero-order valence-electron chi connectivity index (χ0n) is 15.6. The number of anilines is 1. The van der Waals surface area contributed by atoms with Crippen LogP contribution in [0, 0.1) is 6.92 Å². The number of hydrogen-bond donors (Lipinski definition) is 1. The van der Waals surface area contributed by atoms with Gasteiger partial charge in [0.05, 0.1) is 0 Å². The summed E-state index contributed by atoms with van der Waals surface area (Å²) in [6.07, 6.45) is 0.895. The number of aryl methyl sites for hydroxylation is 2. The standard InChI is InChI=1S/C18H26N6S.HI/c1-4-16-21-18(25-22-16)24-11-9-23(10-12-24)17(19-3)20-13-15-8-6-5-7-14(15)2;/h5-8H,4,9-13H2,1-3H3,(H,19,20);1H. The number of aliphatic imine (C=N–C) groups is 1. The molecule has 6 nitrogen and oxygen atoms in total. The highest BCUT2D eigenvalue weighted by molar-refractivity contribution is 14.0. The molecule has 3 rings (SSSR count). The summed E-state index contributed by atoms with van der Waals surface area (Å²) in [4.78, 5) is 13.7. The van der Waals surface area contributed by atoms with Gasteiger partial charge in [-0.05, 0) is 18.1 Å². The molecule has 1 fully saturated rings. The molecule has 0 saturated carbocycles. The molecule has 0 bridgehead atoms. The fourth-order valence-corrected chi connectivity index (χ4v) is 3.74. The lowest BCUT2D eigenvalue weighted by Gasteiger charge is -2.36. The number of halogens is 1. The van der Waals surface area contributed by atoms with Crippen molar-refractivity contribution in [3.63, 3.8) is 0 Å². The predicted octanol–water partition coefficient (Wildman–Crippen LogP) is 2.92. The Morgan fingerprint density at radius 2 is 1.96 bits per heavy atom. The van der Waals surface area contributed by atoms with E-state index in [1.165, 1.54) is 22.7 Å². The van der Waals surface area contributed by atoms with Crippen molar-refractivity contribution in [1.82, 2.24) is 19.6 Å². The van der Waals surface area contributed by atoms with Crippen molar-refractivity contribution >= 4 is 46.6 Å². The Hall–Kier alpha value is -1.42. The van der Waals surface area contributed by atoms with Crippen LogP contribution in [0.4, 0.5) is 5.13 Å². The molecule has 2 aromatic rings. The lowest BCUT2D eigenvalue weighted by Crippen LogP contribution is -2.52. The van der Waals surface area contributed by atoms with E-state index in [1.54, 1.807) is 0 Å². The van der Waals surface area contributed by atoms with E-state index in [0.717, 1.165) is 56.1 Å². The molecular formula is C18H27IN6S. The van der Waals surface area contributed by atoms with Crippen molar-refractivity contribution in [3.05, 3.63) is 41.2 Å². The third-order valence-electron chi connectivity index (χ3n) is 4.53. The van der Waals surface area contributed by atoms with Crippen molar-refractivity contribution in [2.45, 2.75) is 26.8 Å². The topological polar surface area (TPSA) is 56.7 Å². The van der Waals surface area contributed by atoms with Gasteiger partial charge in [0.15, 0.2) is 5.96 Å². The van der Waals surface area contributed by atoms with Crippen molar-refractivity contribution in [2.24, 2.45) is 4.99 Å². The molecule has 0 radical (unpaired) electrons. The molecule has 1 aliphatic heterocycles. The number of aromatic nitrogens is 2. The van der Waals surface area contributed by atoms with E-state index < -0.39 is 0 Å². The van der Waals surface area contributed by atoms with E-state index in [4.69, 9.17) is 0 Å². The number of nitrogens with zero attached hydrogens (tertiary/aromatic N) is 5. The SMILES string of the molecule is CCc1nsc(N2CCN(C(=NC)NCc3ccccc3C)CC2)n1.I. The van der Waals surface area contributed by atoms with Gasteiger partial charge >= 0.3 is 0 Å². The summed E-state index contributed by atoms with van der Waals surface area (Å²) in [5.74, 6) is 1.91. The fraction of sp³-hybridized carbons (Fsp3) is 0.500. The van der Waals surface area contributed by atoms with Crippen LogP contribution in [0.3, 0.4) is 0 Å². The van der Waals surface area contributed by atoms with Crippen LogP contribution < -0.4 is 10.2 Å². The molecule has 1 aliphatic rings. The molecular weight excluding hydrogens is 459 g/mol. The number of nitrogens with one attached hydrogen (secondary N) is 1. The van der Waals surface area contributed by atoms with Gasteiger partial charge in [0.2, 0.25) is 5.13 Å². The van der Waals surface area contributed by atoms with Crippen molar-refractivity contribution in [3.8, 4) is 0 Å². The quantitative estimate of drug-likeness (QED) is 0.409. The van der Waals surface area contributed by atoms with Crippen LogP contribution >= 0.6 is 35.5 Å². The third-order valence-corrected chi connectivity index (χ3v) is 5.35. The highest BCUT2D eigenvalue weighted by atomic mass is 127. The number of piperazine rings is 1. The van der Waals surface area contributed by atoms with E-state index in [1.807, 2.05) is 7.05 Å². The first-order valence-electron chi connectivity index (χ1n) is 8.79. The van der Waals surface area contributed by atoms with Gasteiger partial charge in [-0.25, -0.2) is 4.98 Å². The highest BCUT2D eigenvalue weighted by Gasteiger charge is 2.22. The Kier molecular flexibility index (Phi) is 8.08. The molecule has 26 heavy (non-hydrogen) atoms. The van der Waals surface area contributed by atoms with Crippen LogP contribution in [0.1, 0.15) is 23.9 Å². The molecule has 0 atom stereocenters. The van der Waals surface area contributed by atoms with E-state index in [-0.39, 0.29) is 24.0 Å². The average molecular weight is 486 g/mol. The summed E-state index contributed by atoms with van der Waals surface area (Å²) >= 11 is 1.51. The maximum Gasteiger partial charge on any atom is 0.205 e. The number of hydrogen-bond acceptors (Lipinski definition) is 5. The molecule has 0 amide bonds. The van der Waals surface area contributed by atoms with E-state index in [2.05, 4.69) is 67.6 Å². The zero-order chi connectivity index (χ0) is 17.6. The van der Waals surface area contributed by atoms with Gasteiger partial charge in [-0.1, -0.05) is 31.2 Å². The molecule has 0 aliphatic carbocycles. The normalized spacial score (nSPS) is 15.0. The Labute approximate surface area is 176 Å². The largest absolute Gasteiger partial charge is 0.352 e. The minimum absolute atomic E-state index is 0. The van der Waals surface area contributed by atoms with Crippen LogP contribution in [-0.4, -0.2) is 53.4 Å². The highest BCUT2D eigenvalue weighted by Crippen LogP contribution is 2.19. The molecule has 1 saturated heterocycles. The van der Waals surface area contributed by atoms with Gasteiger partial charge in [-0.2, -0.15) is 4.37 Å². The van der Waals surface area contributed by atoms with Crippen molar-refractivity contribution in [2.75, 3.05) is 38.1 Å². The van der Waals surface area contributed by atoms with E-state index in [9.17, 15) is 0 Å². The van der Waals surface area contributed by atoms with Crippen molar-refractivity contribution < 1.29 is 0 Å². The minimum Gasteiger partial charge on any atom is -0.352 e. The van der Waals surface area contributed by atoms with Gasteiger partial charge in [-0.15, -0.1) is 24.0 Å². The summed E-state index contributed by atoms with van der Waals surface area (Å²) in [6, 6.07) is 8.46. The average Bonchev–Trinajstić information content (AvgIpc) is 3.13. The lowest BCUT2D eigenvalue weighted by atomic mass is 10.1. The Morgan fingerprint density at radius 3 is 2.58 bits per heavy atom. The first kappa shape index (κ1) is 20.9. The van der Waals surface area contributed by atoms with Crippen LogP contribution in [0.5, 0.6) is 0 Å². The minimum atomic E-state index is 0. The number of benzene rings is 1. The van der Waals surface area contributed by atoms with Crippen LogP contribution in [0.2, 0.25) is 0 Å². The Morgan fingerprint density at radius 1 is 1.23 bits per heavy atom. The Bertz CT molecular complexity index is 724. The first-order valence-corrected chi connectivity index (χ1v) is 9.56. The van der Waals surface area contributed by atoms with Gasteiger partial charge < -0.3 is 15.1 Å². The molecule has 142 valence electrons. The van der Waals surface area contributed by atoms with Crippen LogP contribution in [-0.2, 0) is 13.0 Å². The second-order valence-electron chi connectivity index (χ2n) is 6.15. The fourth-order valence-electron chi connectivity index (χ4n) is 2.94. The summed E-state index contributed by atoms with van der Waals surface area (Å²) in [6.45, 7) is 8.81. The number of rotatable bonds is 4. The molecule has 0 unspecified atom stereocenters. The maximum absolute atomic E-state index is 4.60. The summed E-state index contributed by atoms with van der Waals surface area (Å²) < 4.78 is 4.39. The molecule has 1 N–H and O–H groups in total. The second kappa shape index (κ2) is 10.1. The van der Waals surface area contributed by atoms with Gasteiger partial charge in [0.25, 0.3) is 0 Å². The second-order valence-corrected chi connectivity index (χ2v) is 6.88. The summed E-state index contributed by atoms with van der Waals surface area (Å²) in [5.41, 5.74) is 2.61. The van der Waals surface area contributed by atoms with Crippen LogP contribution in [0.15, 0.2) is 29.3 Å². The summed E-state index contributed by atoms with van der Waals surface area (Å²) in [5, 5.41) is 4.54. The van der Waals surface area contributed by atoms with Crippen LogP contribution in [0.25, 0.3) is 0 Å². The maximum atomic E-state index is 4.60. The van der Waals surface area contributed by atoms with Gasteiger partial charge in [0.1, 0.15) is 5.82 Å². The van der Waals surface area contributed by atoms with E-state index in [0.29, 0.717) is 0 Å². The summed E-state index contributed by atoms with van der Waals surface area (Å²) in [7, 11) is 1.85. The smallest absolute Gasteiger partial charge is 0.205 e. The number of guanidine groups is 1. The monoisotopic (exact) mass is 486 g/mol. The Balaban J connectivity index is 0.00000243. The van der Waals surface area contributed by atoms with Gasteiger partial charge in [0, 0.05) is 57.7 Å². The molecule has 8 heteroatoms. The molecule has 1 aromatic carbocycles. The van der Waals surface area contributed by atoms with E-state index >= 15 is 0 Å². The lowest BCUT2D eigenvalue weighted by molar-refractivity contribution is 0.372. The third kappa shape index (κ3) is 5.06. The molecule has 2 heterocycles. The van der Waals surface area contributed by atoms with Crippen molar-refractivity contribution in [1.29, 1.82) is 0 Å². The molecule has 1 aromatic heterocycles. The molecule has 0 spiro atoms. The predicted molar refractivity (Wildman–Crippen MR) is 120 cm³/mol. The first-order chi connectivity index (χ1) is 12.2. The zero-order valence-corrected chi connectivity index (χ0v) is 18.8.